The summed E-state index contributed by atoms with van der Waals surface area (Å²) >= 11 is 0. The Bertz CT molecular complexity index is 1290. The lowest BCUT2D eigenvalue weighted by Crippen LogP contribution is -2.38. The minimum absolute atomic E-state index is 0.229. The van der Waals surface area contributed by atoms with Crippen LogP contribution in [0.3, 0.4) is 0 Å². The average Bonchev–Trinajstić information content (AvgIpc) is 3.00. The molecule has 10 nitrogen and oxygen atoms in total. The van der Waals surface area contributed by atoms with E-state index in [4.69, 9.17) is 18.9 Å². The lowest BCUT2D eigenvalue weighted by atomic mass is 9.83. The second kappa shape index (κ2) is 13.6. The molecule has 0 atom stereocenters. The third-order valence-corrected chi connectivity index (χ3v) is 6.92. The Morgan fingerprint density at radius 2 is 1.85 bits per heavy atom. The number of nitrogens with one attached hydrogen (secondary N) is 1. The number of methoxy groups -OCH3 is 1. The van der Waals surface area contributed by atoms with Gasteiger partial charge in [0.15, 0.2) is 0 Å². The van der Waals surface area contributed by atoms with Crippen LogP contribution in [0.5, 0.6) is 11.6 Å². The molecule has 1 fully saturated rings. The number of aromatic amines is 1. The van der Waals surface area contributed by atoms with Crippen molar-refractivity contribution in [1.29, 1.82) is 0 Å². The van der Waals surface area contributed by atoms with Crippen LogP contribution in [-0.4, -0.2) is 90.9 Å². The quantitative estimate of drug-likeness (QED) is 0.480. The van der Waals surface area contributed by atoms with E-state index in [9.17, 15) is 9.59 Å². The number of H-pyrrole nitrogens is 1. The lowest BCUT2D eigenvalue weighted by Gasteiger charge is -2.29. The number of benzene rings is 1. The normalized spacial score (nSPS) is 16.6. The number of morpholine rings is 1. The van der Waals surface area contributed by atoms with Gasteiger partial charge >= 0.3 is 5.97 Å². The maximum absolute atomic E-state index is 13.8. The summed E-state index contributed by atoms with van der Waals surface area (Å²) in [5.74, 6) is 0.316. The van der Waals surface area contributed by atoms with Crippen LogP contribution < -0.4 is 9.47 Å². The third-order valence-electron chi connectivity index (χ3n) is 6.92. The van der Waals surface area contributed by atoms with E-state index in [0.717, 1.165) is 38.4 Å². The van der Waals surface area contributed by atoms with Gasteiger partial charge in [0.05, 0.1) is 37.7 Å². The molecule has 0 aliphatic carbocycles. The van der Waals surface area contributed by atoms with Crippen LogP contribution >= 0.6 is 0 Å². The number of ether oxygens (including phenoxy) is 4. The molecular weight excluding hydrogens is 524 g/mol. The molecule has 0 saturated carbocycles. The molecule has 1 aromatic carbocycles. The molecule has 41 heavy (non-hydrogen) atoms. The van der Waals surface area contributed by atoms with Gasteiger partial charge < -0.3 is 28.8 Å². The van der Waals surface area contributed by atoms with Crippen molar-refractivity contribution in [3.05, 3.63) is 71.8 Å². The Hall–Kier alpha value is -3.89. The zero-order valence-corrected chi connectivity index (χ0v) is 24.5. The van der Waals surface area contributed by atoms with Crippen molar-refractivity contribution in [3.63, 3.8) is 0 Å². The Balaban J connectivity index is 1.62. The SMILES string of the molecule is COc1ccc[nH]c2c(cn1)C(C)(C)CN(C(=O)c1ccc(OCCN3CCOCC3)cc1)C=C2C(=O)OC(C)C. The van der Waals surface area contributed by atoms with Crippen LogP contribution in [0.25, 0.3) is 5.57 Å². The van der Waals surface area contributed by atoms with Crippen LogP contribution in [0.4, 0.5) is 0 Å². The number of hydrogen-bond acceptors (Lipinski definition) is 8. The molecule has 1 saturated heterocycles. The fourth-order valence-electron chi connectivity index (χ4n) is 4.75. The number of hydrogen-bond donors (Lipinski definition) is 1. The lowest BCUT2D eigenvalue weighted by molar-refractivity contribution is -0.140. The molecular formula is C31H40N4O6. The smallest absolute Gasteiger partial charge is 0.342 e. The van der Waals surface area contributed by atoms with Gasteiger partial charge in [0.1, 0.15) is 12.4 Å². The van der Waals surface area contributed by atoms with Crippen molar-refractivity contribution < 1.29 is 28.5 Å². The molecule has 0 radical (unpaired) electrons. The number of amides is 1. The molecule has 4 rings (SSSR count). The first kappa shape index (κ1) is 30.1. The minimum Gasteiger partial charge on any atom is -0.492 e. The van der Waals surface area contributed by atoms with Gasteiger partial charge in [-0.25, -0.2) is 9.78 Å². The molecule has 0 spiro atoms. The van der Waals surface area contributed by atoms with E-state index in [1.807, 2.05) is 13.8 Å². The highest BCUT2D eigenvalue weighted by Crippen LogP contribution is 2.34. The topological polar surface area (TPSA) is 106 Å². The number of aromatic nitrogens is 2. The second-order valence-corrected chi connectivity index (χ2v) is 10.9. The predicted molar refractivity (Wildman–Crippen MR) is 155 cm³/mol. The largest absolute Gasteiger partial charge is 0.492 e. The first-order valence-electron chi connectivity index (χ1n) is 13.9. The second-order valence-electron chi connectivity index (χ2n) is 10.9. The number of carbonyl (C=O) groups is 2. The molecule has 0 unspecified atom stereocenters. The summed E-state index contributed by atoms with van der Waals surface area (Å²) in [5, 5.41) is 0. The molecule has 3 heterocycles. The Kier molecular flexibility index (Phi) is 10.0. The highest BCUT2D eigenvalue weighted by atomic mass is 16.5. The number of rotatable bonds is 8. The molecule has 1 amide bonds. The number of carbonyl (C=O) groups excluding carboxylic acids is 2. The maximum atomic E-state index is 13.8. The fraction of sp³-hybridized carbons (Fsp3) is 0.452. The summed E-state index contributed by atoms with van der Waals surface area (Å²) in [6, 6.07) is 10.5. The Morgan fingerprint density at radius 1 is 1.12 bits per heavy atom. The molecule has 10 heteroatoms. The maximum Gasteiger partial charge on any atom is 0.342 e. The molecule has 1 aromatic heterocycles. The summed E-state index contributed by atoms with van der Waals surface area (Å²) in [7, 11) is 1.54. The zero-order valence-electron chi connectivity index (χ0n) is 24.5. The van der Waals surface area contributed by atoms with E-state index in [-0.39, 0.29) is 17.6 Å². The van der Waals surface area contributed by atoms with Gasteiger partial charge in [0.25, 0.3) is 5.91 Å². The van der Waals surface area contributed by atoms with Gasteiger partial charge in [-0.2, -0.15) is 0 Å². The van der Waals surface area contributed by atoms with Crippen LogP contribution in [0.1, 0.15) is 49.3 Å². The fourth-order valence-corrected chi connectivity index (χ4v) is 4.75. The van der Waals surface area contributed by atoms with Crippen LogP contribution in [-0.2, 0) is 19.7 Å². The van der Waals surface area contributed by atoms with E-state index in [1.54, 1.807) is 80.8 Å². The van der Waals surface area contributed by atoms with Crippen molar-refractivity contribution in [3.8, 4) is 11.6 Å². The van der Waals surface area contributed by atoms with Gasteiger partial charge in [0, 0.05) is 67.4 Å². The van der Waals surface area contributed by atoms with E-state index in [2.05, 4.69) is 14.9 Å². The first-order valence-corrected chi connectivity index (χ1v) is 13.9. The zero-order chi connectivity index (χ0) is 29.4. The van der Waals surface area contributed by atoms with Gasteiger partial charge in [-0.3, -0.25) is 9.69 Å². The van der Waals surface area contributed by atoms with Crippen molar-refractivity contribution >= 4 is 17.4 Å². The van der Waals surface area contributed by atoms with Gasteiger partial charge in [-0.05, 0) is 44.2 Å². The highest BCUT2D eigenvalue weighted by molar-refractivity contribution is 6.17. The minimum atomic E-state index is -0.600. The molecule has 2 aliphatic heterocycles. The number of nitrogens with zero attached hydrogens (tertiary/aromatic N) is 3. The van der Waals surface area contributed by atoms with Gasteiger partial charge in [-0.1, -0.05) is 13.8 Å². The van der Waals surface area contributed by atoms with Crippen molar-refractivity contribution in [2.24, 2.45) is 0 Å². The molecule has 220 valence electrons. The number of fused-ring (bicyclic) bond motifs is 1. The summed E-state index contributed by atoms with van der Waals surface area (Å²) < 4.78 is 22.2. The van der Waals surface area contributed by atoms with E-state index >= 15 is 0 Å². The van der Waals surface area contributed by atoms with Crippen molar-refractivity contribution in [1.82, 2.24) is 19.8 Å². The Labute approximate surface area is 241 Å². The predicted octanol–water partition coefficient (Wildman–Crippen LogP) is 3.98. The summed E-state index contributed by atoms with van der Waals surface area (Å²) in [6.07, 6.45) is 4.61. The van der Waals surface area contributed by atoms with Crippen LogP contribution in [0.15, 0.2) is 55.0 Å². The Morgan fingerprint density at radius 3 is 2.54 bits per heavy atom. The molecule has 2 aliphatic rings. The molecule has 2 aromatic rings. The number of esters is 1. The van der Waals surface area contributed by atoms with Crippen molar-refractivity contribution in [2.75, 3.05) is 53.1 Å². The molecule has 0 bridgehead atoms. The summed E-state index contributed by atoms with van der Waals surface area (Å²) in [5.41, 5.74) is 1.36. The summed E-state index contributed by atoms with van der Waals surface area (Å²) in [6.45, 7) is 12.6. The van der Waals surface area contributed by atoms with Gasteiger partial charge in [0.2, 0.25) is 5.88 Å². The molecule has 1 N–H and O–H groups in total. The van der Waals surface area contributed by atoms with E-state index < -0.39 is 11.4 Å². The average molecular weight is 565 g/mol. The standard InChI is InChI=1S/C31H40N4O6/c1-22(2)41-30(37)25-20-35(21-31(3,4)26-19-33-27(38-5)7-6-12-32-28(25)26)29(36)23-8-10-24(11-9-23)40-18-15-34-13-16-39-17-14-34/h6-12,19-20,22,32H,13-18,21H2,1-5H3. The van der Waals surface area contributed by atoms with Gasteiger partial charge in [-0.15, -0.1) is 0 Å². The van der Waals surface area contributed by atoms with E-state index in [1.165, 1.54) is 0 Å². The monoisotopic (exact) mass is 564 g/mol. The van der Waals surface area contributed by atoms with Crippen molar-refractivity contribution in [2.45, 2.75) is 39.2 Å². The highest BCUT2D eigenvalue weighted by Gasteiger charge is 2.35. The van der Waals surface area contributed by atoms with E-state index in [0.29, 0.717) is 36.0 Å². The van der Waals surface area contributed by atoms with Crippen LogP contribution in [0.2, 0.25) is 0 Å². The van der Waals surface area contributed by atoms with Crippen LogP contribution in [0, 0.1) is 0 Å². The first-order chi connectivity index (χ1) is 19.7. The summed E-state index contributed by atoms with van der Waals surface area (Å²) in [4.78, 5) is 38.8. The third kappa shape index (κ3) is 7.86.